The molecule has 0 unspecified atom stereocenters. The first-order chi connectivity index (χ1) is 14.2. The molecule has 146 valence electrons. The predicted octanol–water partition coefficient (Wildman–Crippen LogP) is 4.63. The minimum absolute atomic E-state index is 0.0291. The van der Waals surface area contributed by atoms with Crippen molar-refractivity contribution in [2.75, 3.05) is 13.1 Å². The number of amides is 1. The first-order valence-electron chi connectivity index (χ1n) is 9.72. The molecule has 1 atom stereocenters. The monoisotopic (exact) mass is 405 g/mol. The van der Waals surface area contributed by atoms with Crippen molar-refractivity contribution in [3.05, 3.63) is 71.1 Å². The van der Waals surface area contributed by atoms with Gasteiger partial charge in [0, 0.05) is 29.6 Å². The quantitative estimate of drug-likeness (QED) is 0.521. The number of carbonyl (C=O) groups excluding carboxylic acids is 1. The Kier molecular flexibility index (Phi) is 4.56. The van der Waals surface area contributed by atoms with E-state index in [-0.39, 0.29) is 11.8 Å². The number of likely N-dealkylation sites (tertiary alicyclic amines) is 1. The molecule has 4 aromatic rings. The van der Waals surface area contributed by atoms with E-state index >= 15 is 0 Å². The van der Waals surface area contributed by atoms with Crippen molar-refractivity contribution in [3.8, 4) is 11.3 Å². The number of imidazole rings is 1. The number of rotatable bonds is 3. The van der Waals surface area contributed by atoms with Gasteiger partial charge in [-0.3, -0.25) is 9.89 Å². The zero-order valence-electron chi connectivity index (χ0n) is 15.7. The third-order valence-electron chi connectivity index (χ3n) is 5.45. The maximum atomic E-state index is 13.1. The fourth-order valence-corrected chi connectivity index (χ4v) is 4.05. The Morgan fingerprint density at radius 2 is 1.97 bits per heavy atom. The molecule has 1 saturated heterocycles. The van der Waals surface area contributed by atoms with Gasteiger partial charge in [-0.25, -0.2) is 4.98 Å². The van der Waals surface area contributed by atoms with Crippen molar-refractivity contribution < 1.29 is 4.79 Å². The predicted molar refractivity (Wildman–Crippen MR) is 113 cm³/mol. The molecule has 29 heavy (non-hydrogen) atoms. The van der Waals surface area contributed by atoms with E-state index in [9.17, 15) is 4.79 Å². The average molecular weight is 406 g/mol. The van der Waals surface area contributed by atoms with Crippen LogP contribution in [0.25, 0.3) is 22.3 Å². The van der Waals surface area contributed by atoms with E-state index in [1.54, 1.807) is 6.07 Å². The fourth-order valence-electron chi connectivity index (χ4n) is 3.92. The molecule has 1 amide bonds. The highest BCUT2D eigenvalue weighted by molar-refractivity contribution is 6.30. The lowest BCUT2D eigenvalue weighted by Gasteiger charge is -2.31. The minimum Gasteiger partial charge on any atom is -0.342 e. The van der Waals surface area contributed by atoms with Crippen LogP contribution in [-0.4, -0.2) is 44.1 Å². The van der Waals surface area contributed by atoms with Gasteiger partial charge in [0.25, 0.3) is 5.91 Å². The van der Waals surface area contributed by atoms with Gasteiger partial charge in [0.05, 0.1) is 16.7 Å². The van der Waals surface area contributed by atoms with Gasteiger partial charge < -0.3 is 9.88 Å². The fraction of sp³-hybridized carbons (Fsp3) is 0.227. The summed E-state index contributed by atoms with van der Waals surface area (Å²) in [7, 11) is 0. The summed E-state index contributed by atoms with van der Waals surface area (Å²) in [6.07, 6.45) is 1.97. The summed E-state index contributed by atoms with van der Waals surface area (Å²) in [6, 6.07) is 17.2. The smallest absolute Gasteiger partial charge is 0.271 e. The molecule has 7 heteroatoms. The number of aromatic amines is 2. The van der Waals surface area contributed by atoms with Crippen LogP contribution in [0.2, 0.25) is 5.02 Å². The Hall–Kier alpha value is -3.12. The molecule has 0 bridgehead atoms. The number of H-pyrrole nitrogens is 2. The van der Waals surface area contributed by atoms with E-state index in [1.165, 1.54) is 0 Å². The number of nitrogens with zero attached hydrogens (tertiary/aromatic N) is 3. The van der Waals surface area contributed by atoms with Crippen molar-refractivity contribution >= 4 is 28.5 Å². The van der Waals surface area contributed by atoms with Gasteiger partial charge in [0.2, 0.25) is 0 Å². The Balaban J connectivity index is 1.34. The van der Waals surface area contributed by atoms with E-state index < -0.39 is 0 Å². The van der Waals surface area contributed by atoms with Crippen LogP contribution >= 0.6 is 11.6 Å². The second kappa shape index (κ2) is 7.37. The summed E-state index contributed by atoms with van der Waals surface area (Å²) in [4.78, 5) is 23.1. The zero-order chi connectivity index (χ0) is 19.8. The number of hydrogen-bond acceptors (Lipinski definition) is 3. The van der Waals surface area contributed by atoms with Gasteiger partial charge in [-0.15, -0.1) is 0 Å². The lowest BCUT2D eigenvalue weighted by atomic mass is 9.97. The van der Waals surface area contributed by atoms with Crippen molar-refractivity contribution in [1.29, 1.82) is 0 Å². The number of benzene rings is 2. The Bertz CT molecular complexity index is 1130. The molecular formula is C22H20ClN5O. The lowest BCUT2D eigenvalue weighted by Crippen LogP contribution is -2.39. The maximum absolute atomic E-state index is 13.1. The summed E-state index contributed by atoms with van der Waals surface area (Å²) in [5.41, 5.74) is 4.15. The van der Waals surface area contributed by atoms with Crippen molar-refractivity contribution in [2.45, 2.75) is 18.8 Å². The number of nitrogens with one attached hydrogen (secondary N) is 2. The van der Waals surface area contributed by atoms with E-state index in [1.807, 2.05) is 53.4 Å². The summed E-state index contributed by atoms with van der Waals surface area (Å²) in [5.74, 6) is 1.13. The van der Waals surface area contributed by atoms with Gasteiger partial charge in [-0.05, 0) is 43.2 Å². The van der Waals surface area contributed by atoms with Crippen LogP contribution in [0.15, 0.2) is 54.6 Å². The third-order valence-corrected chi connectivity index (χ3v) is 5.70. The lowest BCUT2D eigenvalue weighted by molar-refractivity contribution is 0.0699. The van der Waals surface area contributed by atoms with Gasteiger partial charge in [0.1, 0.15) is 11.5 Å². The van der Waals surface area contributed by atoms with E-state index in [2.05, 4.69) is 15.2 Å². The van der Waals surface area contributed by atoms with Crippen LogP contribution in [0, 0.1) is 0 Å². The average Bonchev–Trinajstić information content (AvgIpc) is 3.41. The van der Waals surface area contributed by atoms with Crippen LogP contribution < -0.4 is 0 Å². The number of hydrogen-bond donors (Lipinski definition) is 2. The van der Waals surface area contributed by atoms with Gasteiger partial charge in [-0.1, -0.05) is 35.9 Å². The van der Waals surface area contributed by atoms with E-state index in [0.29, 0.717) is 17.3 Å². The minimum atomic E-state index is -0.0291. The second-order valence-corrected chi connectivity index (χ2v) is 7.84. The van der Waals surface area contributed by atoms with Gasteiger partial charge >= 0.3 is 0 Å². The maximum Gasteiger partial charge on any atom is 0.271 e. The SMILES string of the molecule is O=C(c1cc(-c2ccc(Cl)cc2)n[nH]1)N1CCC[C@H](c2nc3ccccc3[nH]2)C1. The number of fused-ring (bicyclic) bond motifs is 1. The number of halogens is 1. The normalized spacial score (nSPS) is 17.0. The second-order valence-electron chi connectivity index (χ2n) is 7.40. The number of piperidine rings is 1. The number of aromatic nitrogens is 4. The first-order valence-corrected chi connectivity index (χ1v) is 10.1. The Morgan fingerprint density at radius 3 is 2.79 bits per heavy atom. The molecule has 2 aromatic carbocycles. The molecule has 6 nitrogen and oxygen atoms in total. The topological polar surface area (TPSA) is 77.7 Å². The summed E-state index contributed by atoms with van der Waals surface area (Å²) in [5, 5.41) is 7.87. The molecular weight excluding hydrogens is 386 g/mol. The Morgan fingerprint density at radius 1 is 1.14 bits per heavy atom. The molecule has 1 fully saturated rings. The van der Waals surface area contributed by atoms with E-state index in [4.69, 9.17) is 16.6 Å². The van der Waals surface area contributed by atoms with E-state index in [0.717, 1.165) is 47.5 Å². The molecule has 5 rings (SSSR count). The van der Waals surface area contributed by atoms with Gasteiger partial charge in [-0.2, -0.15) is 5.10 Å². The molecule has 1 aliphatic heterocycles. The third kappa shape index (κ3) is 3.51. The molecule has 2 aromatic heterocycles. The molecule has 0 saturated carbocycles. The van der Waals surface area contributed by atoms with Gasteiger partial charge in [0.15, 0.2) is 0 Å². The van der Waals surface area contributed by atoms with Crippen LogP contribution in [0.3, 0.4) is 0 Å². The summed E-state index contributed by atoms with van der Waals surface area (Å²) >= 11 is 5.95. The van der Waals surface area contributed by atoms with Crippen LogP contribution in [0.5, 0.6) is 0 Å². The number of carbonyl (C=O) groups is 1. The van der Waals surface area contributed by atoms with Crippen molar-refractivity contribution in [3.63, 3.8) is 0 Å². The van der Waals surface area contributed by atoms with Crippen LogP contribution in [0.4, 0.5) is 0 Å². The molecule has 0 radical (unpaired) electrons. The molecule has 0 spiro atoms. The highest BCUT2D eigenvalue weighted by atomic mass is 35.5. The first kappa shape index (κ1) is 17.9. The van der Waals surface area contributed by atoms with Crippen LogP contribution in [-0.2, 0) is 0 Å². The molecule has 0 aliphatic carbocycles. The zero-order valence-corrected chi connectivity index (χ0v) is 16.5. The largest absolute Gasteiger partial charge is 0.342 e. The Labute approximate surface area is 172 Å². The standard InChI is InChI=1S/C22H20ClN5O/c23-16-9-7-14(8-10-16)19-12-20(27-26-19)22(29)28-11-3-4-15(13-28)21-24-17-5-1-2-6-18(17)25-21/h1-2,5-10,12,15H,3-4,11,13H2,(H,24,25)(H,26,27)/t15-/m0/s1. The highest BCUT2D eigenvalue weighted by Gasteiger charge is 2.28. The molecule has 1 aliphatic rings. The highest BCUT2D eigenvalue weighted by Crippen LogP contribution is 2.28. The van der Waals surface area contributed by atoms with Crippen LogP contribution in [0.1, 0.15) is 35.1 Å². The molecule has 2 N–H and O–H groups in total. The summed E-state index contributed by atoms with van der Waals surface area (Å²) < 4.78 is 0. The summed E-state index contributed by atoms with van der Waals surface area (Å²) in [6.45, 7) is 1.39. The molecule has 3 heterocycles. The number of para-hydroxylation sites is 2. The van der Waals surface area contributed by atoms with Crippen molar-refractivity contribution in [2.24, 2.45) is 0 Å². The van der Waals surface area contributed by atoms with Crippen molar-refractivity contribution in [1.82, 2.24) is 25.1 Å².